The number of pyridine rings is 1. The molecule has 3 rings (SSSR count). The van der Waals surface area contributed by atoms with Crippen molar-refractivity contribution in [3.05, 3.63) is 40.6 Å². The van der Waals surface area contributed by atoms with Crippen LogP contribution in [0.5, 0.6) is 0 Å². The summed E-state index contributed by atoms with van der Waals surface area (Å²) in [5.74, 6) is 0.0936. The molecule has 116 valence electrons. The van der Waals surface area contributed by atoms with Crippen LogP contribution in [0.15, 0.2) is 30.7 Å². The van der Waals surface area contributed by atoms with Gasteiger partial charge in [0.15, 0.2) is 0 Å². The minimum absolute atomic E-state index is 0.0936. The molecule has 5 heteroatoms. The topological polar surface area (TPSA) is 54.9 Å². The number of carbonyl (C=O) groups is 1. The molecule has 22 heavy (non-hydrogen) atoms. The smallest absolute Gasteiger partial charge is 0.224 e. The predicted octanol–water partition coefficient (Wildman–Crippen LogP) is 3.98. The van der Waals surface area contributed by atoms with E-state index in [9.17, 15) is 4.79 Å². The second kappa shape index (κ2) is 6.57. The minimum atomic E-state index is 0.0936. The fourth-order valence-electron chi connectivity index (χ4n) is 3.38. The predicted molar refractivity (Wildman–Crippen MR) is 88.9 cm³/mol. The molecule has 2 aromatic rings. The zero-order chi connectivity index (χ0) is 15.4. The Labute approximate surface area is 135 Å². The molecule has 0 bridgehead atoms. The van der Waals surface area contributed by atoms with Crippen molar-refractivity contribution >= 4 is 22.9 Å². The first kappa shape index (κ1) is 15.2. The van der Waals surface area contributed by atoms with Gasteiger partial charge in [-0.15, -0.1) is 11.3 Å². The van der Waals surface area contributed by atoms with Gasteiger partial charge in [-0.2, -0.15) is 0 Å². The quantitative estimate of drug-likeness (QED) is 0.908. The summed E-state index contributed by atoms with van der Waals surface area (Å²) < 4.78 is 0. The summed E-state index contributed by atoms with van der Waals surface area (Å²) in [4.78, 5) is 22.1. The van der Waals surface area contributed by atoms with E-state index >= 15 is 0 Å². The van der Waals surface area contributed by atoms with Gasteiger partial charge >= 0.3 is 0 Å². The van der Waals surface area contributed by atoms with Crippen LogP contribution in [0.3, 0.4) is 0 Å². The number of hydrogen-bond donors (Lipinski definition) is 1. The fourth-order valence-corrected chi connectivity index (χ4v) is 4.35. The van der Waals surface area contributed by atoms with Crippen LogP contribution in [0.1, 0.15) is 42.0 Å². The third-order valence-electron chi connectivity index (χ3n) is 4.36. The molecule has 1 saturated carbocycles. The van der Waals surface area contributed by atoms with Gasteiger partial charge in [0, 0.05) is 23.7 Å². The summed E-state index contributed by atoms with van der Waals surface area (Å²) in [7, 11) is 0. The Hall–Kier alpha value is -1.75. The van der Waals surface area contributed by atoms with E-state index in [2.05, 4.69) is 15.3 Å². The number of aromatic nitrogens is 2. The van der Waals surface area contributed by atoms with Crippen LogP contribution < -0.4 is 5.32 Å². The highest BCUT2D eigenvalue weighted by Crippen LogP contribution is 2.44. The van der Waals surface area contributed by atoms with E-state index in [4.69, 9.17) is 0 Å². The Morgan fingerprint density at radius 2 is 2.18 bits per heavy atom. The molecule has 2 aromatic heterocycles. The van der Waals surface area contributed by atoms with Gasteiger partial charge in [-0.3, -0.25) is 9.78 Å². The second-order valence-corrected chi connectivity index (χ2v) is 7.52. The Kier molecular flexibility index (Phi) is 4.52. The zero-order valence-electron chi connectivity index (χ0n) is 12.8. The van der Waals surface area contributed by atoms with Crippen molar-refractivity contribution in [2.24, 2.45) is 5.41 Å². The summed E-state index contributed by atoms with van der Waals surface area (Å²) >= 11 is 1.75. The van der Waals surface area contributed by atoms with E-state index in [0.717, 1.165) is 30.0 Å². The van der Waals surface area contributed by atoms with Crippen LogP contribution in [-0.4, -0.2) is 15.9 Å². The molecule has 2 heterocycles. The van der Waals surface area contributed by atoms with Gasteiger partial charge in [-0.25, -0.2) is 4.98 Å². The van der Waals surface area contributed by atoms with Crippen molar-refractivity contribution in [3.8, 4) is 0 Å². The Bertz CT molecular complexity index is 632. The highest BCUT2D eigenvalue weighted by Gasteiger charge is 2.36. The Balaban J connectivity index is 1.67. The van der Waals surface area contributed by atoms with Gasteiger partial charge in [0.2, 0.25) is 5.91 Å². The molecule has 1 fully saturated rings. The van der Waals surface area contributed by atoms with Crippen LogP contribution in [0.4, 0.5) is 5.69 Å². The molecule has 0 unspecified atom stereocenters. The molecule has 1 amide bonds. The number of anilines is 1. The highest BCUT2D eigenvalue weighted by molar-refractivity contribution is 7.11. The van der Waals surface area contributed by atoms with E-state index in [0.29, 0.717) is 6.42 Å². The summed E-state index contributed by atoms with van der Waals surface area (Å²) in [5.41, 5.74) is 0.875. The lowest BCUT2D eigenvalue weighted by Crippen LogP contribution is -2.27. The number of nitrogens with zero attached hydrogens (tertiary/aromatic N) is 2. The molecular weight excluding hydrogens is 294 g/mol. The van der Waals surface area contributed by atoms with Crippen molar-refractivity contribution in [1.29, 1.82) is 0 Å². The Morgan fingerprint density at radius 1 is 1.36 bits per heavy atom. The number of amides is 1. The lowest BCUT2D eigenvalue weighted by Gasteiger charge is -2.27. The van der Waals surface area contributed by atoms with Gasteiger partial charge in [0.25, 0.3) is 0 Å². The SMILES string of the molecule is Cc1ncc(CC2(CC(=O)Nc3cccnc3)CCCC2)s1. The lowest BCUT2D eigenvalue weighted by atomic mass is 9.79. The largest absolute Gasteiger partial charge is 0.325 e. The normalized spacial score (nSPS) is 16.6. The summed E-state index contributed by atoms with van der Waals surface area (Å²) in [6.07, 6.45) is 11.6. The summed E-state index contributed by atoms with van der Waals surface area (Å²) in [6, 6.07) is 3.71. The molecule has 0 radical (unpaired) electrons. The standard InChI is InChI=1S/C17H21N3OS/c1-13-19-12-15(22-13)9-17(6-2-3-7-17)10-16(21)20-14-5-4-8-18-11-14/h4-5,8,11-12H,2-3,6-7,9-10H2,1H3,(H,20,21). The molecule has 1 aliphatic carbocycles. The van der Waals surface area contributed by atoms with E-state index in [1.807, 2.05) is 25.3 Å². The molecule has 0 aromatic carbocycles. The van der Waals surface area contributed by atoms with E-state index in [1.165, 1.54) is 17.7 Å². The molecule has 0 spiro atoms. The average molecular weight is 315 g/mol. The molecule has 1 N–H and O–H groups in total. The van der Waals surface area contributed by atoms with Crippen molar-refractivity contribution in [1.82, 2.24) is 9.97 Å². The molecule has 0 aliphatic heterocycles. The van der Waals surface area contributed by atoms with E-state index in [1.54, 1.807) is 23.7 Å². The minimum Gasteiger partial charge on any atom is -0.325 e. The van der Waals surface area contributed by atoms with Crippen molar-refractivity contribution in [2.45, 2.75) is 45.4 Å². The van der Waals surface area contributed by atoms with E-state index in [-0.39, 0.29) is 11.3 Å². The zero-order valence-corrected chi connectivity index (χ0v) is 13.7. The molecule has 4 nitrogen and oxygen atoms in total. The molecule has 1 aliphatic rings. The summed E-state index contributed by atoms with van der Waals surface area (Å²) in [6.45, 7) is 2.03. The summed E-state index contributed by atoms with van der Waals surface area (Å²) in [5, 5.41) is 4.07. The number of thiazole rings is 1. The van der Waals surface area contributed by atoms with Crippen molar-refractivity contribution in [3.63, 3.8) is 0 Å². The Morgan fingerprint density at radius 3 is 2.82 bits per heavy atom. The van der Waals surface area contributed by atoms with Gasteiger partial charge in [-0.05, 0) is 43.7 Å². The fraction of sp³-hybridized carbons (Fsp3) is 0.471. The van der Waals surface area contributed by atoms with E-state index < -0.39 is 0 Å². The maximum absolute atomic E-state index is 12.4. The van der Waals surface area contributed by atoms with Gasteiger partial charge in [0.1, 0.15) is 0 Å². The number of aryl methyl sites for hydroxylation is 1. The molecule has 0 atom stereocenters. The third kappa shape index (κ3) is 3.71. The number of rotatable bonds is 5. The second-order valence-electron chi connectivity index (χ2n) is 6.20. The maximum Gasteiger partial charge on any atom is 0.224 e. The van der Waals surface area contributed by atoms with Crippen LogP contribution in [0, 0.1) is 12.3 Å². The van der Waals surface area contributed by atoms with Crippen molar-refractivity contribution in [2.75, 3.05) is 5.32 Å². The van der Waals surface area contributed by atoms with Crippen molar-refractivity contribution < 1.29 is 4.79 Å². The first-order valence-electron chi connectivity index (χ1n) is 7.76. The first-order chi connectivity index (χ1) is 10.7. The third-order valence-corrected chi connectivity index (χ3v) is 5.28. The highest BCUT2D eigenvalue weighted by atomic mass is 32.1. The van der Waals surface area contributed by atoms with Crippen LogP contribution >= 0.6 is 11.3 Å². The molecule has 0 saturated heterocycles. The average Bonchev–Trinajstić information content (AvgIpc) is 3.10. The number of carbonyl (C=O) groups excluding carboxylic acids is 1. The number of hydrogen-bond acceptors (Lipinski definition) is 4. The maximum atomic E-state index is 12.4. The van der Waals surface area contributed by atoms with Crippen LogP contribution in [0.25, 0.3) is 0 Å². The lowest BCUT2D eigenvalue weighted by molar-refractivity contribution is -0.118. The van der Waals surface area contributed by atoms with Gasteiger partial charge in [-0.1, -0.05) is 12.8 Å². The van der Waals surface area contributed by atoms with Gasteiger partial charge < -0.3 is 5.32 Å². The monoisotopic (exact) mass is 315 g/mol. The van der Waals surface area contributed by atoms with Crippen LogP contribution in [-0.2, 0) is 11.2 Å². The van der Waals surface area contributed by atoms with Gasteiger partial charge in [0.05, 0.1) is 16.9 Å². The van der Waals surface area contributed by atoms with Crippen LogP contribution in [0.2, 0.25) is 0 Å². The number of nitrogens with one attached hydrogen (secondary N) is 1. The first-order valence-corrected chi connectivity index (χ1v) is 8.58. The molecular formula is C17H21N3OS.